The van der Waals surface area contributed by atoms with E-state index in [1.54, 1.807) is 48.5 Å². The van der Waals surface area contributed by atoms with Gasteiger partial charge >= 0.3 is 5.97 Å². The Labute approximate surface area is 164 Å². The molecule has 3 aromatic rings. The van der Waals surface area contributed by atoms with E-state index in [4.69, 9.17) is 5.11 Å². The summed E-state index contributed by atoms with van der Waals surface area (Å²) in [6, 6.07) is 19.9. The number of aromatic carboxylic acids is 1. The number of benzene rings is 3. The normalized spacial score (nSPS) is 11.1. The van der Waals surface area contributed by atoms with Crippen molar-refractivity contribution >= 4 is 27.4 Å². The Morgan fingerprint density at radius 2 is 1.57 bits per heavy atom. The second-order valence-electron chi connectivity index (χ2n) is 6.46. The Morgan fingerprint density at radius 3 is 2.21 bits per heavy atom. The lowest BCUT2D eigenvalue weighted by Gasteiger charge is -2.14. The molecule has 0 saturated carbocycles. The third-order valence-electron chi connectivity index (χ3n) is 4.22. The van der Waals surface area contributed by atoms with Gasteiger partial charge in [0, 0.05) is 19.8 Å². The average Bonchev–Trinajstić information content (AvgIpc) is 2.68. The number of nitrogens with zero attached hydrogens (tertiary/aromatic N) is 1. The van der Waals surface area contributed by atoms with E-state index < -0.39 is 16.0 Å². The molecule has 7 heteroatoms. The molecular formula is C21H20N2O4S. The Morgan fingerprint density at radius 1 is 0.893 bits per heavy atom. The number of hydrogen-bond acceptors (Lipinski definition) is 4. The van der Waals surface area contributed by atoms with Gasteiger partial charge in [0.1, 0.15) is 0 Å². The van der Waals surface area contributed by atoms with Crippen molar-refractivity contribution in [2.45, 2.75) is 4.90 Å². The van der Waals surface area contributed by atoms with Gasteiger partial charge in [0.15, 0.2) is 0 Å². The molecule has 144 valence electrons. The Kier molecular flexibility index (Phi) is 5.37. The predicted octanol–water partition coefficient (Wildman–Crippen LogP) is 3.92. The quantitative estimate of drug-likeness (QED) is 0.659. The second-order valence-corrected chi connectivity index (χ2v) is 8.14. The van der Waals surface area contributed by atoms with Crippen molar-refractivity contribution in [1.29, 1.82) is 0 Å². The van der Waals surface area contributed by atoms with Gasteiger partial charge in [0.05, 0.1) is 16.1 Å². The molecule has 0 aliphatic rings. The number of rotatable bonds is 6. The van der Waals surface area contributed by atoms with Crippen molar-refractivity contribution in [3.05, 3.63) is 78.4 Å². The number of carboxylic acid groups (broad SMARTS) is 1. The van der Waals surface area contributed by atoms with Crippen molar-refractivity contribution in [3.63, 3.8) is 0 Å². The van der Waals surface area contributed by atoms with Crippen molar-refractivity contribution < 1.29 is 18.3 Å². The van der Waals surface area contributed by atoms with Crippen LogP contribution in [0.3, 0.4) is 0 Å². The molecule has 6 nitrogen and oxygen atoms in total. The smallest absolute Gasteiger partial charge is 0.335 e. The Bertz CT molecular complexity index is 1110. The fourth-order valence-corrected chi connectivity index (χ4v) is 3.77. The molecule has 0 spiro atoms. The molecule has 3 aromatic carbocycles. The van der Waals surface area contributed by atoms with E-state index in [0.29, 0.717) is 11.3 Å². The number of hydrogen-bond donors (Lipinski definition) is 2. The lowest BCUT2D eigenvalue weighted by atomic mass is 10.0. The zero-order valence-corrected chi connectivity index (χ0v) is 16.3. The SMILES string of the molecule is CN(C)c1cccc(NS(=O)(=O)c2ccc(-c3cccc(C(=O)O)c3)cc2)c1. The maximum atomic E-state index is 12.7. The third-order valence-corrected chi connectivity index (χ3v) is 5.62. The first-order valence-corrected chi connectivity index (χ1v) is 9.98. The van der Waals surface area contributed by atoms with Crippen LogP contribution < -0.4 is 9.62 Å². The van der Waals surface area contributed by atoms with Gasteiger partial charge in [-0.15, -0.1) is 0 Å². The molecule has 0 aliphatic heterocycles. The van der Waals surface area contributed by atoms with Crippen LogP contribution in [0.5, 0.6) is 0 Å². The predicted molar refractivity (Wildman–Crippen MR) is 110 cm³/mol. The number of anilines is 2. The molecule has 0 fully saturated rings. The van der Waals surface area contributed by atoms with Gasteiger partial charge in [-0.3, -0.25) is 4.72 Å². The van der Waals surface area contributed by atoms with Gasteiger partial charge < -0.3 is 10.0 Å². The van der Waals surface area contributed by atoms with E-state index in [-0.39, 0.29) is 10.5 Å². The molecule has 0 bridgehead atoms. The molecule has 3 rings (SSSR count). The van der Waals surface area contributed by atoms with E-state index in [9.17, 15) is 13.2 Å². The largest absolute Gasteiger partial charge is 0.478 e. The first-order valence-electron chi connectivity index (χ1n) is 8.50. The molecule has 2 N–H and O–H groups in total. The fourth-order valence-electron chi connectivity index (χ4n) is 2.72. The summed E-state index contributed by atoms with van der Waals surface area (Å²) in [4.78, 5) is 13.1. The fraction of sp³-hybridized carbons (Fsp3) is 0.0952. The first kappa shape index (κ1) is 19.4. The van der Waals surface area contributed by atoms with Gasteiger partial charge in [-0.25, -0.2) is 13.2 Å². The van der Waals surface area contributed by atoms with Gasteiger partial charge in [-0.2, -0.15) is 0 Å². The molecule has 0 atom stereocenters. The second kappa shape index (κ2) is 7.74. The van der Waals surface area contributed by atoms with Gasteiger partial charge in [0.25, 0.3) is 10.0 Å². The Balaban J connectivity index is 1.85. The van der Waals surface area contributed by atoms with E-state index >= 15 is 0 Å². The van der Waals surface area contributed by atoms with Gasteiger partial charge in [0.2, 0.25) is 0 Å². The number of sulfonamides is 1. The highest BCUT2D eigenvalue weighted by molar-refractivity contribution is 7.92. The lowest BCUT2D eigenvalue weighted by Crippen LogP contribution is -2.14. The minimum absolute atomic E-state index is 0.126. The molecule has 0 heterocycles. The standard InChI is InChI=1S/C21H20N2O4S/c1-23(2)19-8-4-7-18(14-19)22-28(26,27)20-11-9-15(10-12-20)16-5-3-6-17(13-16)21(24)25/h3-14,22H,1-2H3,(H,24,25). The summed E-state index contributed by atoms with van der Waals surface area (Å²) < 4.78 is 27.9. The van der Waals surface area contributed by atoms with E-state index in [1.165, 1.54) is 18.2 Å². The molecule has 28 heavy (non-hydrogen) atoms. The molecular weight excluding hydrogens is 376 g/mol. The highest BCUT2D eigenvalue weighted by Crippen LogP contribution is 2.24. The van der Waals surface area contributed by atoms with Crippen LogP contribution in [0.2, 0.25) is 0 Å². The maximum absolute atomic E-state index is 12.7. The van der Waals surface area contributed by atoms with Crippen LogP contribution in [0.1, 0.15) is 10.4 Å². The zero-order valence-electron chi connectivity index (χ0n) is 15.5. The maximum Gasteiger partial charge on any atom is 0.335 e. The Hall–Kier alpha value is -3.32. The summed E-state index contributed by atoms with van der Waals surface area (Å²) in [6.07, 6.45) is 0. The zero-order chi connectivity index (χ0) is 20.3. The van der Waals surface area contributed by atoms with Crippen LogP contribution in [0.25, 0.3) is 11.1 Å². The van der Waals surface area contributed by atoms with Crippen LogP contribution in [0, 0.1) is 0 Å². The molecule has 0 radical (unpaired) electrons. The molecule has 0 unspecified atom stereocenters. The molecule has 0 amide bonds. The highest BCUT2D eigenvalue weighted by atomic mass is 32.2. The highest BCUT2D eigenvalue weighted by Gasteiger charge is 2.15. The van der Waals surface area contributed by atoms with Gasteiger partial charge in [-0.1, -0.05) is 30.3 Å². The van der Waals surface area contributed by atoms with Gasteiger partial charge in [-0.05, 0) is 53.6 Å². The van der Waals surface area contributed by atoms with Crippen LogP contribution in [-0.2, 0) is 10.0 Å². The summed E-state index contributed by atoms with van der Waals surface area (Å²) in [5, 5.41) is 9.11. The molecule has 0 saturated heterocycles. The number of nitrogens with one attached hydrogen (secondary N) is 1. The minimum Gasteiger partial charge on any atom is -0.478 e. The number of carboxylic acids is 1. The number of carbonyl (C=O) groups is 1. The van der Waals surface area contributed by atoms with Crippen LogP contribution in [0.4, 0.5) is 11.4 Å². The summed E-state index contributed by atoms with van der Waals surface area (Å²) in [5.74, 6) is -1.01. The van der Waals surface area contributed by atoms with E-state index in [0.717, 1.165) is 11.3 Å². The van der Waals surface area contributed by atoms with Crippen LogP contribution in [0.15, 0.2) is 77.7 Å². The average molecular weight is 396 g/mol. The molecule has 0 aromatic heterocycles. The summed E-state index contributed by atoms with van der Waals surface area (Å²) >= 11 is 0. The molecule has 0 aliphatic carbocycles. The first-order chi connectivity index (χ1) is 13.3. The van der Waals surface area contributed by atoms with Crippen molar-refractivity contribution in [1.82, 2.24) is 0 Å². The topological polar surface area (TPSA) is 86.7 Å². The van der Waals surface area contributed by atoms with Crippen LogP contribution in [-0.4, -0.2) is 33.6 Å². The van der Waals surface area contributed by atoms with Crippen LogP contribution >= 0.6 is 0 Å². The van der Waals surface area contributed by atoms with Crippen molar-refractivity contribution in [3.8, 4) is 11.1 Å². The lowest BCUT2D eigenvalue weighted by molar-refractivity contribution is 0.0697. The monoisotopic (exact) mass is 396 g/mol. The summed E-state index contributed by atoms with van der Waals surface area (Å²) in [7, 11) is 0.0223. The summed E-state index contributed by atoms with van der Waals surface area (Å²) in [6.45, 7) is 0. The van der Waals surface area contributed by atoms with E-state index in [2.05, 4.69) is 4.72 Å². The summed E-state index contributed by atoms with van der Waals surface area (Å²) in [5.41, 5.74) is 2.97. The van der Waals surface area contributed by atoms with Crippen molar-refractivity contribution in [2.75, 3.05) is 23.7 Å². The third kappa shape index (κ3) is 4.32. The minimum atomic E-state index is -3.74. The van der Waals surface area contributed by atoms with E-state index in [1.807, 2.05) is 25.1 Å². The van der Waals surface area contributed by atoms with Crippen molar-refractivity contribution in [2.24, 2.45) is 0 Å².